The zero-order valence-electron chi connectivity index (χ0n) is 16.9. The van der Waals surface area contributed by atoms with Crippen molar-refractivity contribution >= 4 is 17.2 Å². The molecule has 0 amide bonds. The van der Waals surface area contributed by atoms with Crippen LogP contribution in [0.4, 0.5) is 4.39 Å². The minimum absolute atomic E-state index is 0.00566. The molecule has 0 bridgehead atoms. The van der Waals surface area contributed by atoms with E-state index in [1.165, 1.54) is 44.9 Å². The summed E-state index contributed by atoms with van der Waals surface area (Å²) in [5, 5.41) is 0.249. The summed E-state index contributed by atoms with van der Waals surface area (Å²) in [7, 11) is 0. The Labute approximate surface area is 174 Å². The Morgan fingerprint density at radius 2 is 1.93 bits per heavy atom. The molecule has 2 fully saturated rings. The van der Waals surface area contributed by atoms with Crippen molar-refractivity contribution in [2.75, 3.05) is 6.61 Å². The number of benzene rings is 1. The highest BCUT2D eigenvalue weighted by atomic mass is 35.5. The van der Waals surface area contributed by atoms with Crippen molar-refractivity contribution < 1.29 is 9.13 Å². The Bertz CT molecular complexity index is 741. The summed E-state index contributed by atoms with van der Waals surface area (Å²) in [6.07, 6.45) is 18.1. The van der Waals surface area contributed by atoms with Gasteiger partial charge in [-0.2, -0.15) is 0 Å². The zero-order chi connectivity index (χ0) is 19.5. The number of hydrogen-bond donors (Lipinski definition) is 0. The van der Waals surface area contributed by atoms with E-state index < -0.39 is 0 Å². The van der Waals surface area contributed by atoms with Gasteiger partial charge in [-0.05, 0) is 75.2 Å². The highest BCUT2D eigenvalue weighted by Gasteiger charge is 2.31. The third-order valence-electron chi connectivity index (χ3n) is 7.13. The van der Waals surface area contributed by atoms with Gasteiger partial charge in [-0.1, -0.05) is 54.8 Å². The van der Waals surface area contributed by atoms with Gasteiger partial charge in [0.2, 0.25) is 0 Å². The van der Waals surface area contributed by atoms with Gasteiger partial charge in [-0.25, -0.2) is 4.39 Å². The van der Waals surface area contributed by atoms with Crippen LogP contribution in [0.15, 0.2) is 30.4 Å². The van der Waals surface area contributed by atoms with Gasteiger partial charge in [0.1, 0.15) is 11.9 Å². The van der Waals surface area contributed by atoms with Crippen molar-refractivity contribution in [3.63, 3.8) is 0 Å². The summed E-state index contributed by atoms with van der Waals surface area (Å²) < 4.78 is 20.1. The van der Waals surface area contributed by atoms with Crippen LogP contribution in [-0.4, -0.2) is 6.61 Å². The fraction of sp³-hybridized carbons (Fsp3) is 0.600. The average molecular weight is 403 g/mol. The largest absolute Gasteiger partial charge is 0.368 e. The number of ether oxygens (including phenoxy) is 1. The maximum atomic E-state index is 14.8. The Morgan fingerprint density at radius 1 is 1.14 bits per heavy atom. The second kappa shape index (κ2) is 9.13. The van der Waals surface area contributed by atoms with Crippen molar-refractivity contribution in [1.29, 1.82) is 0 Å². The topological polar surface area (TPSA) is 12.5 Å². The summed E-state index contributed by atoms with van der Waals surface area (Å²) in [5.41, 5.74) is 2.63. The van der Waals surface area contributed by atoms with E-state index in [9.17, 15) is 4.39 Å². The normalized spacial score (nSPS) is 30.5. The lowest BCUT2D eigenvalue weighted by Gasteiger charge is -2.35. The molecule has 0 N–H and O–H groups in total. The molecule has 1 saturated carbocycles. The monoisotopic (exact) mass is 402 g/mol. The van der Waals surface area contributed by atoms with Gasteiger partial charge in [-0.3, -0.25) is 0 Å². The number of epoxide rings is 1. The summed E-state index contributed by atoms with van der Waals surface area (Å²) in [6, 6.07) is 3.85. The Morgan fingerprint density at radius 3 is 2.57 bits per heavy atom. The van der Waals surface area contributed by atoms with E-state index >= 15 is 0 Å². The molecule has 2 aliphatic carbocycles. The Balaban J connectivity index is 1.33. The van der Waals surface area contributed by atoms with Gasteiger partial charge >= 0.3 is 0 Å². The maximum absolute atomic E-state index is 14.8. The lowest BCUT2D eigenvalue weighted by molar-refractivity contribution is 0.190. The second-order valence-corrected chi connectivity index (χ2v) is 9.22. The van der Waals surface area contributed by atoms with E-state index in [-0.39, 0.29) is 16.9 Å². The molecule has 1 saturated heterocycles. The third-order valence-corrected chi connectivity index (χ3v) is 7.51. The Hall–Kier alpha value is -1.12. The fourth-order valence-electron chi connectivity index (χ4n) is 5.26. The van der Waals surface area contributed by atoms with E-state index in [0.717, 1.165) is 41.7 Å². The van der Waals surface area contributed by atoms with E-state index in [4.69, 9.17) is 16.3 Å². The predicted octanol–water partition coefficient (Wildman–Crippen LogP) is 7.90. The molecule has 0 spiro atoms. The highest BCUT2D eigenvalue weighted by Crippen LogP contribution is 2.44. The van der Waals surface area contributed by atoms with Crippen LogP contribution in [0.3, 0.4) is 0 Å². The van der Waals surface area contributed by atoms with Crippen LogP contribution in [0.5, 0.6) is 0 Å². The molecular weight excluding hydrogens is 371 g/mol. The summed E-state index contributed by atoms with van der Waals surface area (Å²) >= 11 is 6.28. The number of hydrogen-bond acceptors (Lipinski definition) is 1. The quantitative estimate of drug-likeness (QED) is 0.348. The SMILES string of the molecule is C/C=C/CCC1CCC(C2CC=C(c3ccc(C4CO4)c(Cl)c3F)CC2)CC1. The van der Waals surface area contributed by atoms with Gasteiger partial charge in [0.15, 0.2) is 0 Å². The first-order valence-electron chi connectivity index (χ1n) is 11.1. The van der Waals surface area contributed by atoms with Crippen molar-refractivity contribution in [3.05, 3.63) is 52.3 Å². The first kappa shape index (κ1) is 20.2. The molecule has 1 nitrogen and oxygen atoms in total. The van der Waals surface area contributed by atoms with Crippen LogP contribution in [0, 0.1) is 23.6 Å². The molecule has 2 unspecified atom stereocenters. The maximum Gasteiger partial charge on any atom is 0.149 e. The molecule has 3 heteroatoms. The van der Waals surface area contributed by atoms with Crippen LogP contribution in [-0.2, 0) is 4.74 Å². The molecule has 0 radical (unpaired) electrons. The highest BCUT2D eigenvalue weighted by molar-refractivity contribution is 6.31. The van der Waals surface area contributed by atoms with Gasteiger partial charge in [0.05, 0.1) is 11.6 Å². The van der Waals surface area contributed by atoms with Gasteiger partial charge in [0.25, 0.3) is 0 Å². The molecule has 152 valence electrons. The van der Waals surface area contributed by atoms with Crippen molar-refractivity contribution in [2.24, 2.45) is 17.8 Å². The van der Waals surface area contributed by atoms with Crippen LogP contribution in [0.2, 0.25) is 5.02 Å². The smallest absolute Gasteiger partial charge is 0.149 e. The van der Waals surface area contributed by atoms with Crippen LogP contribution >= 0.6 is 11.6 Å². The molecule has 1 heterocycles. The van der Waals surface area contributed by atoms with E-state index in [2.05, 4.69) is 25.2 Å². The molecule has 1 aliphatic heterocycles. The molecule has 28 heavy (non-hydrogen) atoms. The first-order chi connectivity index (χ1) is 13.7. The molecule has 1 aromatic carbocycles. The van der Waals surface area contributed by atoms with Gasteiger partial charge < -0.3 is 4.74 Å². The predicted molar refractivity (Wildman–Crippen MR) is 115 cm³/mol. The average Bonchev–Trinajstić information content (AvgIpc) is 3.56. The lowest BCUT2D eigenvalue weighted by atomic mass is 9.70. The van der Waals surface area contributed by atoms with Crippen LogP contribution < -0.4 is 0 Å². The second-order valence-electron chi connectivity index (χ2n) is 8.84. The molecule has 0 aromatic heterocycles. The summed E-state index contributed by atoms with van der Waals surface area (Å²) in [5.74, 6) is 2.30. The first-order valence-corrected chi connectivity index (χ1v) is 11.4. The van der Waals surface area contributed by atoms with Crippen molar-refractivity contribution in [3.8, 4) is 0 Å². The third kappa shape index (κ3) is 4.54. The molecule has 3 aliphatic rings. The van der Waals surface area contributed by atoms with Gasteiger partial charge in [0, 0.05) is 11.1 Å². The summed E-state index contributed by atoms with van der Waals surface area (Å²) in [6.45, 7) is 2.76. The number of halogens is 2. The van der Waals surface area contributed by atoms with Gasteiger partial charge in [-0.15, -0.1) is 0 Å². The molecule has 4 rings (SSSR count). The molecule has 2 atom stereocenters. The molecular formula is C25H32ClFO. The lowest BCUT2D eigenvalue weighted by Crippen LogP contribution is -2.23. The fourth-order valence-corrected chi connectivity index (χ4v) is 5.55. The van der Waals surface area contributed by atoms with E-state index in [1.807, 2.05) is 12.1 Å². The minimum atomic E-state index is -0.263. The standard InChI is InChI=1S/C25H32ClFO/c1-2-3-4-5-17-6-8-18(9-7-17)19-10-12-20(13-11-19)21-14-15-22(23-16-28-23)24(26)25(21)27/h2-3,12,14-15,17-19,23H,4-11,13,16H2,1H3/b3-2+. The number of rotatable bonds is 6. The van der Waals surface area contributed by atoms with E-state index in [0.29, 0.717) is 12.2 Å². The van der Waals surface area contributed by atoms with Crippen LogP contribution in [0.25, 0.3) is 5.57 Å². The number of allylic oxidation sites excluding steroid dienone is 4. The van der Waals surface area contributed by atoms with Crippen molar-refractivity contribution in [1.82, 2.24) is 0 Å². The van der Waals surface area contributed by atoms with Crippen molar-refractivity contribution in [2.45, 2.75) is 70.8 Å². The van der Waals surface area contributed by atoms with E-state index in [1.54, 1.807) is 0 Å². The van der Waals surface area contributed by atoms with Crippen LogP contribution in [0.1, 0.15) is 81.9 Å². The minimum Gasteiger partial charge on any atom is -0.368 e. The summed E-state index contributed by atoms with van der Waals surface area (Å²) in [4.78, 5) is 0. The Kier molecular flexibility index (Phi) is 6.58. The zero-order valence-corrected chi connectivity index (χ0v) is 17.7. The molecule has 1 aromatic rings.